The molecule has 1 aliphatic heterocycles. The molecule has 0 spiro atoms. The summed E-state index contributed by atoms with van der Waals surface area (Å²) in [4.78, 5) is 16.7. The lowest BCUT2D eigenvalue weighted by molar-refractivity contribution is -0.130. The highest BCUT2D eigenvalue weighted by Gasteiger charge is 2.23. The molecule has 1 saturated heterocycles. The van der Waals surface area contributed by atoms with Crippen LogP contribution in [0.3, 0.4) is 0 Å². The van der Waals surface area contributed by atoms with Crippen molar-refractivity contribution >= 4 is 11.6 Å². The average molecular weight is 396 g/mol. The minimum absolute atomic E-state index is 0.0888. The monoisotopic (exact) mass is 396 g/mol. The third-order valence-corrected chi connectivity index (χ3v) is 5.02. The number of anilines is 1. The Labute approximate surface area is 167 Å². The van der Waals surface area contributed by atoms with Gasteiger partial charge in [-0.25, -0.2) is 9.07 Å². The van der Waals surface area contributed by atoms with Gasteiger partial charge in [-0.05, 0) is 40.3 Å². The van der Waals surface area contributed by atoms with Crippen LogP contribution in [0.2, 0.25) is 0 Å². The molecule has 0 unspecified atom stereocenters. The minimum Gasteiger partial charge on any atom is -0.494 e. The average Bonchev–Trinajstić information content (AvgIpc) is 3.29. The van der Waals surface area contributed by atoms with Crippen molar-refractivity contribution in [2.45, 2.75) is 6.42 Å². The second-order valence-corrected chi connectivity index (χ2v) is 6.78. The molecule has 3 aromatic rings. The van der Waals surface area contributed by atoms with E-state index in [2.05, 4.69) is 20.4 Å². The van der Waals surface area contributed by atoms with Gasteiger partial charge in [-0.15, -0.1) is 5.10 Å². The van der Waals surface area contributed by atoms with Gasteiger partial charge < -0.3 is 14.5 Å². The van der Waals surface area contributed by atoms with Crippen LogP contribution in [0, 0.1) is 5.82 Å². The first-order valence-corrected chi connectivity index (χ1v) is 9.32. The Morgan fingerprint density at radius 2 is 1.86 bits per heavy atom. The van der Waals surface area contributed by atoms with Crippen LogP contribution in [0.15, 0.2) is 48.8 Å². The van der Waals surface area contributed by atoms with Gasteiger partial charge in [-0.1, -0.05) is 12.1 Å². The zero-order valence-corrected chi connectivity index (χ0v) is 16.0. The number of ether oxygens (including phenoxy) is 1. The van der Waals surface area contributed by atoms with E-state index in [1.54, 1.807) is 10.7 Å². The van der Waals surface area contributed by atoms with Crippen LogP contribution in [-0.4, -0.2) is 64.3 Å². The quantitative estimate of drug-likeness (QED) is 0.654. The number of piperazine rings is 1. The van der Waals surface area contributed by atoms with Crippen LogP contribution >= 0.6 is 0 Å². The number of halogens is 1. The number of tetrazole rings is 1. The zero-order chi connectivity index (χ0) is 20.2. The van der Waals surface area contributed by atoms with E-state index in [-0.39, 0.29) is 11.7 Å². The standard InChI is InChI=1S/C20H21FN6O2/c1-29-19-13-16(21)4-7-18(19)25-8-10-26(11-9-25)20(28)12-15-2-5-17(6-3-15)27-14-22-23-24-27/h2-7,13-14H,8-12H2,1H3. The van der Waals surface area contributed by atoms with Gasteiger partial charge in [0.1, 0.15) is 17.9 Å². The van der Waals surface area contributed by atoms with Crippen molar-refractivity contribution in [3.8, 4) is 11.4 Å². The van der Waals surface area contributed by atoms with Crippen molar-refractivity contribution in [1.29, 1.82) is 0 Å². The summed E-state index contributed by atoms with van der Waals surface area (Å²) in [6.07, 6.45) is 1.87. The minimum atomic E-state index is -0.328. The Kier molecular flexibility index (Phi) is 5.37. The summed E-state index contributed by atoms with van der Waals surface area (Å²) in [5.74, 6) is 0.267. The number of hydrogen-bond donors (Lipinski definition) is 0. The molecule has 1 amide bonds. The lowest BCUT2D eigenvalue weighted by Crippen LogP contribution is -2.49. The van der Waals surface area contributed by atoms with Crippen molar-refractivity contribution in [3.63, 3.8) is 0 Å². The Morgan fingerprint density at radius 1 is 1.10 bits per heavy atom. The number of aromatic nitrogens is 4. The molecule has 2 aromatic carbocycles. The van der Waals surface area contributed by atoms with Gasteiger partial charge in [0.15, 0.2) is 0 Å². The fraction of sp³-hybridized carbons (Fsp3) is 0.300. The van der Waals surface area contributed by atoms with Crippen LogP contribution in [0.25, 0.3) is 5.69 Å². The molecule has 0 bridgehead atoms. The summed E-state index contributed by atoms with van der Waals surface area (Å²) in [6, 6.07) is 12.1. The van der Waals surface area contributed by atoms with Gasteiger partial charge in [-0.3, -0.25) is 4.79 Å². The highest BCUT2D eigenvalue weighted by atomic mass is 19.1. The van der Waals surface area contributed by atoms with E-state index < -0.39 is 0 Å². The molecule has 29 heavy (non-hydrogen) atoms. The molecule has 0 saturated carbocycles. The molecule has 2 heterocycles. The first-order chi connectivity index (χ1) is 14.1. The van der Waals surface area contributed by atoms with E-state index >= 15 is 0 Å². The largest absolute Gasteiger partial charge is 0.494 e. The number of carbonyl (C=O) groups excluding carboxylic acids is 1. The highest BCUT2D eigenvalue weighted by molar-refractivity contribution is 5.79. The molecule has 1 fully saturated rings. The smallest absolute Gasteiger partial charge is 0.227 e. The van der Waals surface area contributed by atoms with Gasteiger partial charge in [0.05, 0.1) is 24.9 Å². The molecule has 0 atom stereocenters. The number of benzene rings is 2. The highest BCUT2D eigenvalue weighted by Crippen LogP contribution is 2.29. The predicted octanol–water partition coefficient (Wildman–Crippen LogP) is 1.70. The van der Waals surface area contributed by atoms with Crippen LogP contribution < -0.4 is 9.64 Å². The number of carbonyl (C=O) groups is 1. The second-order valence-electron chi connectivity index (χ2n) is 6.78. The van der Waals surface area contributed by atoms with Crippen molar-refractivity contribution in [1.82, 2.24) is 25.1 Å². The molecule has 150 valence electrons. The van der Waals surface area contributed by atoms with Crippen LogP contribution in [-0.2, 0) is 11.2 Å². The van der Waals surface area contributed by atoms with Gasteiger partial charge in [0.25, 0.3) is 0 Å². The van der Waals surface area contributed by atoms with Crippen LogP contribution in [0.5, 0.6) is 5.75 Å². The lowest BCUT2D eigenvalue weighted by atomic mass is 10.1. The van der Waals surface area contributed by atoms with E-state index in [4.69, 9.17) is 4.74 Å². The molecule has 1 aliphatic rings. The third-order valence-electron chi connectivity index (χ3n) is 5.02. The summed E-state index contributed by atoms with van der Waals surface area (Å²) in [5, 5.41) is 11.1. The van der Waals surface area contributed by atoms with Gasteiger partial charge in [0, 0.05) is 32.2 Å². The molecule has 1 aromatic heterocycles. The zero-order valence-electron chi connectivity index (χ0n) is 16.0. The van der Waals surface area contributed by atoms with Gasteiger partial charge in [-0.2, -0.15) is 0 Å². The molecule has 0 radical (unpaired) electrons. The van der Waals surface area contributed by atoms with E-state index in [0.717, 1.165) is 16.9 Å². The van der Waals surface area contributed by atoms with Gasteiger partial charge in [0.2, 0.25) is 5.91 Å². The number of methoxy groups -OCH3 is 1. The molecule has 0 N–H and O–H groups in total. The van der Waals surface area contributed by atoms with Crippen molar-refractivity contribution in [2.75, 3.05) is 38.2 Å². The lowest BCUT2D eigenvalue weighted by Gasteiger charge is -2.36. The predicted molar refractivity (Wildman–Crippen MR) is 105 cm³/mol. The molecule has 0 aliphatic carbocycles. The maximum absolute atomic E-state index is 13.4. The maximum atomic E-state index is 13.4. The Balaban J connectivity index is 1.34. The van der Waals surface area contributed by atoms with Crippen molar-refractivity contribution < 1.29 is 13.9 Å². The topological polar surface area (TPSA) is 76.4 Å². The summed E-state index contributed by atoms with van der Waals surface area (Å²) < 4.78 is 20.3. The maximum Gasteiger partial charge on any atom is 0.227 e. The molecule has 8 nitrogen and oxygen atoms in total. The third kappa shape index (κ3) is 4.18. The Hall–Kier alpha value is -3.49. The molecule has 9 heteroatoms. The summed E-state index contributed by atoms with van der Waals surface area (Å²) in [7, 11) is 1.53. The fourth-order valence-electron chi connectivity index (χ4n) is 3.44. The second kappa shape index (κ2) is 8.26. The number of hydrogen-bond acceptors (Lipinski definition) is 6. The molecular weight excluding hydrogens is 375 g/mol. The summed E-state index contributed by atoms with van der Waals surface area (Å²) in [6.45, 7) is 2.57. The number of nitrogens with zero attached hydrogens (tertiary/aromatic N) is 6. The first-order valence-electron chi connectivity index (χ1n) is 9.32. The van der Waals surface area contributed by atoms with Gasteiger partial charge >= 0.3 is 0 Å². The Bertz CT molecular complexity index is 969. The molecular formula is C20H21FN6O2. The van der Waals surface area contributed by atoms with Crippen LogP contribution in [0.4, 0.5) is 10.1 Å². The normalized spacial score (nSPS) is 14.1. The van der Waals surface area contributed by atoms with E-state index in [1.165, 1.54) is 25.6 Å². The van der Waals surface area contributed by atoms with E-state index in [9.17, 15) is 9.18 Å². The number of rotatable bonds is 5. The first kappa shape index (κ1) is 18.9. The Morgan fingerprint density at radius 3 is 2.52 bits per heavy atom. The van der Waals surface area contributed by atoms with Crippen LogP contribution in [0.1, 0.15) is 5.56 Å². The summed E-state index contributed by atoms with van der Waals surface area (Å²) in [5.41, 5.74) is 2.63. The molecule has 4 rings (SSSR count). The fourth-order valence-corrected chi connectivity index (χ4v) is 3.44. The van der Waals surface area contributed by atoms with E-state index in [0.29, 0.717) is 38.3 Å². The summed E-state index contributed by atoms with van der Waals surface area (Å²) >= 11 is 0. The number of amides is 1. The van der Waals surface area contributed by atoms with Crippen molar-refractivity contribution in [2.24, 2.45) is 0 Å². The SMILES string of the molecule is COc1cc(F)ccc1N1CCN(C(=O)Cc2ccc(-n3cnnn3)cc2)CC1. The van der Waals surface area contributed by atoms with Crippen molar-refractivity contribution in [3.05, 3.63) is 60.2 Å². The van der Waals surface area contributed by atoms with E-state index in [1.807, 2.05) is 29.2 Å².